The summed E-state index contributed by atoms with van der Waals surface area (Å²) >= 11 is 0. The van der Waals surface area contributed by atoms with Crippen LogP contribution in [0.1, 0.15) is 20.7 Å². The number of hydrogen-bond donors (Lipinski definition) is 1. The number of rotatable bonds is 4. The predicted octanol–water partition coefficient (Wildman–Crippen LogP) is 2.52. The highest BCUT2D eigenvalue weighted by molar-refractivity contribution is 6.00. The van der Waals surface area contributed by atoms with E-state index in [0.29, 0.717) is 43.0 Å². The van der Waals surface area contributed by atoms with Crippen molar-refractivity contribution in [1.82, 2.24) is 9.80 Å². The number of carbonyl (C=O) groups excluding carboxylic acids is 2. The number of nitrogens with one attached hydrogen (secondary N) is 1. The van der Waals surface area contributed by atoms with Gasteiger partial charge >= 0.3 is 0 Å². The van der Waals surface area contributed by atoms with Crippen molar-refractivity contribution in [1.29, 1.82) is 15.8 Å². The fourth-order valence-electron chi connectivity index (χ4n) is 3.24. The molecule has 1 N–H and O–H groups in total. The summed E-state index contributed by atoms with van der Waals surface area (Å²) in [5, 5.41) is 30.0. The first-order valence-corrected chi connectivity index (χ1v) is 9.53. The lowest BCUT2D eigenvalue weighted by Gasteiger charge is -2.35. The number of nitrogens with zero attached hydrogens (tertiary/aromatic N) is 5. The summed E-state index contributed by atoms with van der Waals surface area (Å²) in [5.41, 5.74) is 0.669. The van der Waals surface area contributed by atoms with Crippen LogP contribution in [0.15, 0.2) is 65.9 Å². The number of piperazine rings is 1. The Morgan fingerprint density at radius 2 is 1.29 bits per heavy atom. The Hall–Kier alpha value is -4.61. The lowest BCUT2D eigenvalue weighted by atomic mass is 10.1. The SMILES string of the molecule is N#CC(C#N)=C(C#N)Nc1ccccc1C(=O)N1CCN(C(=O)c2ccccc2)CC1. The normalized spacial score (nSPS) is 12.7. The smallest absolute Gasteiger partial charge is 0.256 e. The van der Waals surface area contributed by atoms with Crippen molar-refractivity contribution in [3.8, 4) is 18.2 Å². The molecule has 1 saturated heterocycles. The van der Waals surface area contributed by atoms with Crippen LogP contribution in [0.5, 0.6) is 0 Å². The van der Waals surface area contributed by atoms with E-state index >= 15 is 0 Å². The number of benzene rings is 2. The van der Waals surface area contributed by atoms with E-state index in [-0.39, 0.29) is 23.1 Å². The van der Waals surface area contributed by atoms with Gasteiger partial charge in [-0.1, -0.05) is 30.3 Å². The molecule has 8 nitrogen and oxygen atoms in total. The van der Waals surface area contributed by atoms with Crippen LogP contribution in [0.4, 0.5) is 5.69 Å². The number of para-hydroxylation sites is 1. The summed E-state index contributed by atoms with van der Waals surface area (Å²) in [6, 6.07) is 20.7. The summed E-state index contributed by atoms with van der Waals surface area (Å²) in [6.07, 6.45) is 0. The van der Waals surface area contributed by atoms with Crippen LogP contribution in [-0.4, -0.2) is 47.8 Å². The zero-order valence-electron chi connectivity index (χ0n) is 16.6. The van der Waals surface area contributed by atoms with Crippen LogP contribution in [0.2, 0.25) is 0 Å². The van der Waals surface area contributed by atoms with Crippen LogP contribution >= 0.6 is 0 Å². The van der Waals surface area contributed by atoms with Gasteiger partial charge in [0.05, 0.1) is 11.3 Å². The molecule has 2 aromatic rings. The fraction of sp³-hybridized carbons (Fsp3) is 0.174. The summed E-state index contributed by atoms with van der Waals surface area (Å²) in [4.78, 5) is 29.1. The Kier molecular flexibility index (Phi) is 6.63. The first kappa shape index (κ1) is 21.1. The van der Waals surface area contributed by atoms with E-state index < -0.39 is 0 Å². The van der Waals surface area contributed by atoms with E-state index in [9.17, 15) is 14.9 Å². The summed E-state index contributed by atoms with van der Waals surface area (Å²) in [7, 11) is 0. The minimum absolute atomic E-state index is 0.0703. The third-order valence-electron chi connectivity index (χ3n) is 4.88. The molecule has 1 aliphatic heterocycles. The number of hydrogen-bond acceptors (Lipinski definition) is 6. The van der Waals surface area contributed by atoms with Crippen molar-refractivity contribution in [2.24, 2.45) is 0 Å². The lowest BCUT2D eigenvalue weighted by molar-refractivity contribution is 0.0536. The van der Waals surface area contributed by atoms with Gasteiger partial charge in [0.15, 0.2) is 5.57 Å². The maximum atomic E-state index is 13.1. The van der Waals surface area contributed by atoms with Crippen LogP contribution in [0, 0.1) is 34.0 Å². The first-order valence-electron chi connectivity index (χ1n) is 9.53. The molecule has 0 unspecified atom stereocenters. The molecule has 1 fully saturated rings. The van der Waals surface area contributed by atoms with Crippen molar-refractivity contribution < 1.29 is 9.59 Å². The average molecular weight is 410 g/mol. The van der Waals surface area contributed by atoms with Crippen LogP contribution in [0.25, 0.3) is 0 Å². The van der Waals surface area contributed by atoms with Crippen molar-refractivity contribution in [3.63, 3.8) is 0 Å². The Bertz CT molecular complexity index is 1130. The third kappa shape index (κ3) is 4.70. The topological polar surface area (TPSA) is 124 Å². The quantitative estimate of drug-likeness (QED) is 0.773. The molecule has 2 amide bonds. The van der Waals surface area contributed by atoms with E-state index in [2.05, 4.69) is 5.32 Å². The Balaban J connectivity index is 1.73. The van der Waals surface area contributed by atoms with Crippen LogP contribution < -0.4 is 5.32 Å². The molecular formula is C23H18N6O2. The van der Waals surface area contributed by atoms with E-state index in [1.165, 1.54) is 0 Å². The lowest BCUT2D eigenvalue weighted by Crippen LogP contribution is -2.50. The van der Waals surface area contributed by atoms with E-state index in [1.54, 1.807) is 64.4 Å². The highest BCUT2D eigenvalue weighted by Gasteiger charge is 2.26. The first-order chi connectivity index (χ1) is 15.1. The molecule has 1 aliphatic rings. The highest BCUT2D eigenvalue weighted by atomic mass is 16.2. The van der Waals surface area contributed by atoms with Gasteiger partial charge in [0.2, 0.25) is 0 Å². The fourth-order valence-corrected chi connectivity index (χ4v) is 3.24. The second kappa shape index (κ2) is 9.73. The highest BCUT2D eigenvalue weighted by Crippen LogP contribution is 2.21. The van der Waals surface area contributed by atoms with Gasteiger partial charge in [0, 0.05) is 31.7 Å². The van der Waals surface area contributed by atoms with Gasteiger partial charge < -0.3 is 15.1 Å². The molecule has 0 aliphatic carbocycles. The number of nitriles is 3. The number of allylic oxidation sites excluding steroid dienone is 2. The number of carbonyl (C=O) groups is 2. The second-order valence-electron chi connectivity index (χ2n) is 6.71. The molecule has 152 valence electrons. The number of amides is 2. The van der Waals surface area contributed by atoms with Gasteiger partial charge in [0.25, 0.3) is 11.8 Å². The monoisotopic (exact) mass is 410 g/mol. The van der Waals surface area contributed by atoms with E-state index in [4.69, 9.17) is 10.5 Å². The molecule has 1 heterocycles. The molecule has 0 spiro atoms. The average Bonchev–Trinajstić information content (AvgIpc) is 2.84. The molecule has 0 aromatic heterocycles. The standard InChI is InChI=1S/C23H18N6O2/c24-14-18(15-25)21(16-26)27-20-9-5-4-8-19(20)23(31)29-12-10-28(11-13-29)22(30)17-6-2-1-3-7-17/h1-9,27H,10-13H2. The van der Waals surface area contributed by atoms with Gasteiger partial charge in [-0.2, -0.15) is 15.8 Å². The van der Waals surface area contributed by atoms with Crippen LogP contribution in [0.3, 0.4) is 0 Å². The van der Waals surface area contributed by atoms with Gasteiger partial charge in [-0.05, 0) is 24.3 Å². The molecule has 31 heavy (non-hydrogen) atoms. The van der Waals surface area contributed by atoms with Gasteiger partial charge in [0.1, 0.15) is 23.9 Å². The zero-order valence-corrected chi connectivity index (χ0v) is 16.6. The zero-order chi connectivity index (χ0) is 22.2. The molecule has 2 aromatic carbocycles. The van der Waals surface area contributed by atoms with Gasteiger partial charge in [-0.3, -0.25) is 9.59 Å². The Morgan fingerprint density at radius 3 is 1.87 bits per heavy atom. The summed E-state index contributed by atoms with van der Waals surface area (Å²) < 4.78 is 0. The molecule has 3 rings (SSSR count). The number of anilines is 1. The predicted molar refractivity (Wildman–Crippen MR) is 112 cm³/mol. The minimum atomic E-state index is -0.363. The second-order valence-corrected chi connectivity index (χ2v) is 6.71. The van der Waals surface area contributed by atoms with E-state index in [1.807, 2.05) is 18.2 Å². The van der Waals surface area contributed by atoms with Crippen LogP contribution in [-0.2, 0) is 0 Å². The molecule has 0 saturated carbocycles. The Labute approximate surface area is 179 Å². The maximum absolute atomic E-state index is 13.1. The molecule has 0 radical (unpaired) electrons. The summed E-state index contributed by atoms with van der Waals surface area (Å²) in [6.45, 7) is 1.56. The molecular weight excluding hydrogens is 392 g/mol. The molecule has 8 heteroatoms. The minimum Gasteiger partial charge on any atom is -0.344 e. The van der Waals surface area contributed by atoms with Crippen molar-refractivity contribution in [2.45, 2.75) is 0 Å². The Morgan fingerprint density at radius 1 is 0.742 bits per heavy atom. The largest absolute Gasteiger partial charge is 0.344 e. The van der Waals surface area contributed by atoms with Crippen molar-refractivity contribution in [2.75, 3.05) is 31.5 Å². The summed E-state index contributed by atoms with van der Waals surface area (Å²) in [5.74, 6) is -0.332. The van der Waals surface area contributed by atoms with Crippen molar-refractivity contribution in [3.05, 3.63) is 77.0 Å². The van der Waals surface area contributed by atoms with Crippen molar-refractivity contribution >= 4 is 17.5 Å². The molecule has 0 bridgehead atoms. The third-order valence-corrected chi connectivity index (χ3v) is 4.88. The van der Waals surface area contributed by atoms with E-state index in [0.717, 1.165) is 0 Å². The van der Waals surface area contributed by atoms with Gasteiger partial charge in [-0.25, -0.2) is 0 Å². The van der Waals surface area contributed by atoms with Gasteiger partial charge in [-0.15, -0.1) is 0 Å². The maximum Gasteiger partial charge on any atom is 0.256 e. The molecule has 0 atom stereocenters.